The van der Waals surface area contributed by atoms with Gasteiger partial charge in [0, 0.05) is 11.1 Å². The number of nitrogen functional groups attached to an aromatic ring is 1. The molecule has 0 aliphatic heterocycles. The number of aromatic nitrogens is 2. The molecule has 94 valence electrons. The van der Waals surface area contributed by atoms with Gasteiger partial charge in [-0.2, -0.15) is 0 Å². The second-order valence-corrected chi connectivity index (χ2v) is 6.12. The van der Waals surface area contributed by atoms with Crippen LogP contribution in [0.25, 0.3) is 0 Å². The fraction of sp³-hybridized carbons (Fsp3) is 0.231. The first-order valence-corrected chi connectivity index (χ1v) is 7.23. The number of hydrogen-bond acceptors (Lipinski definition) is 4. The molecule has 0 saturated heterocycles. The summed E-state index contributed by atoms with van der Waals surface area (Å²) in [4.78, 5) is 9.27. The van der Waals surface area contributed by atoms with E-state index < -0.39 is 0 Å². The van der Waals surface area contributed by atoms with Gasteiger partial charge in [0.25, 0.3) is 0 Å². The highest BCUT2D eigenvalue weighted by Gasteiger charge is 2.06. The van der Waals surface area contributed by atoms with E-state index in [0.717, 1.165) is 14.4 Å². The number of nitrogens with zero attached hydrogens (tertiary/aromatic N) is 2. The highest BCUT2D eigenvalue weighted by atomic mass is 79.9. The molecule has 0 aliphatic rings. The van der Waals surface area contributed by atoms with Crippen LogP contribution in [-0.4, -0.2) is 9.97 Å². The van der Waals surface area contributed by atoms with E-state index in [-0.39, 0.29) is 0 Å². The molecule has 0 saturated carbocycles. The van der Waals surface area contributed by atoms with Crippen molar-refractivity contribution in [2.45, 2.75) is 29.7 Å². The Bertz CT molecular complexity index is 540. The Morgan fingerprint density at radius 1 is 1.22 bits per heavy atom. The Hall–Kier alpha value is -1.07. The minimum atomic E-state index is 0.291. The molecular weight excluding hydrogens is 310 g/mol. The van der Waals surface area contributed by atoms with Gasteiger partial charge in [-0.25, -0.2) is 9.97 Å². The van der Waals surface area contributed by atoms with Gasteiger partial charge >= 0.3 is 0 Å². The van der Waals surface area contributed by atoms with Gasteiger partial charge in [0.15, 0.2) is 0 Å². The molecule has 0 unspecified atom stereocenters. The molecule has 1 aromatic heterocycles. The van der Waals surface area contributed by atoms with E-state index in [0.29, 0.717) is 11.9 Å². The average molecular weight is 324 g/mol. The molecule has 0 aliphatic carbocycles. The van der Waals surface area contributed by atoms with Gasteiger partial charge in [0.05, 0.1) is 4.47 Å². The zero-order chi connectivity index (χ0) is 13.1. The van der Waals surface area contributed by atoms with Gasteiger partial charge in [-0.15, -0.1) is 0 Å². The fourth-order valence-electron chi connectivity index (χ4n) is 1.47. The van der Waals surface area contributed by atoms with Crippen molar-refractivity contribution in [3.05, 3.63) is 40.5 Å². The highest BCUT2D eigenvalue weighted by Crippen LogP contribution is 2.32. The molecule has 18 heavy (non-hydrogen) atoms. The van der Waals surface area contributed by atoms with Crippen LogP contribution >= 0.6 is 27.7 Å². The van der Waals surface area contributed by atoms with Crippen LogP contribution in [0.4, 0.5) is 5.95 Å². The summed E-state index contributed by atoms with van der Waals surface area (Å²) in [6.45, 7) is 4.37. The molecular formula is C13H14BrN3S. The van der Waals surface area contributed by atoms with Crippen molar-refractivity contribution >= 4 is 33.6 Å². The topological polar surface area (TPSA) is 51.8 Å². The van der Waals surface area contributed by atoms with Crippen LogP contribution in [0.3, 0.4) is 0 Å². The summed E-state index contributed by atoms with van der Waals surface area (Å²) in [5, 5.41) is 0.833. The molecule has 3 nitrogen and oxygen atoms in total. The maximum absolute atomic E-state index is 5.59. The average Bonchev–Trinajstić information content (AvgIpc) is 2.34. The summed E-state index contributed by atoms with van der Waals surface area (Å²) in [5.74, 6) is 0.838. The van der Waals surface area contributed by atoms with E-state index in [9.17, 15) is 0 Å². The second kappa shape index (κ2) is 5.71. The van der Waals surface area contributed by atoms with Gasteiger partial charge in [-0.1, -0.05) is 37.7 Å². The van der Waals surface area contributed by atoms with Gasteiger partial charge in [-0.05, 0) is 39.5 Å². The summed E-state index contributed by atoms with van der Waals surface area (Å²) in [5.41, 5.74) is 6.92. The Morgan fingerprint density at radius 2 is 1.89 bits per heavy atom. The Kier molecular flexibility index (Phi) is 4.24. The van der Waals surface area contributed by atoms with Gasteiger partial charge < -0.3 is 5.73 Å². The Morgan fingerprint density at radius 3 is 2.50 bits per heavy atom. The lowest BCUT2D eigenvalue weighted by Crippen LogP contribution is -1.95. The number of nitrogens with two attached hydrogens (primary N) is 1. The lowest BCUT2D eigenvalue weighted by atomic mass is 10.0. The first kappa shape index (κ1) is 13.4. The van der Waals surface area contributed by atoms with E-state index >= 15 is 0 Å². The molecule has 0 radical (unpaired) electrons. The fourth-order valence-corrected chi connectivity index (χ4v) is 2.69. The largest absolute Gasteiger partial charge is 0.368 e. The normalized spacial score (nSPS) is 10.9. The molecule has 0 spiro atoms. The molecule has 0 fully saturated rings. The minimum absolute atomic E-state index is 0.291. The Labute approximate surface area is 119 Å². The van der Waals surface area contributed by atoms with E-state index in [2.05, 4.69) is 64.0 Å². The number of hydrogen-bond donors (Lipinski definition) is 1. The van der Waals surface area contributed by atoms with Crippen molar-refractivity contribution in [2.24, 2.45) is 0 Å². The van der Waals surface area contributed by atoms with Gasteiger partial charge in [0.1, 0.15) is 5.03 Å². The lowest BCUT2D eigenvalue weighted by Gasteiger charge is -2.07. The summed E-state index contributed by atoms with van der Waals surface area (Å²) < 4.78 is 0.856. The van der Waals surface area contributed by atoms with Crippen molar-refractivity contribution in [1.82, 2.24) is 9.97 Å². The van der Waals surface area contributed by atoms with Gasteiger partial charge in [-0.3, -0.25) is 0 Å². The predicted molar refractivity (Wildman–Crippen MR) is 78.8 cm³/mol. The van der Waals surface area contributed by atoms with Crippen LogP contribution in [0.5, 0.6) is 0 Å². The molecule has 2 aromatic rings. The van der Waals surface area contributed by atoms with E-state index in [1.54, 1.807) is 18.0 Å². The van der Waals surface area contributed by atoms with Crippen molar-refractivity contribution in [1.29, 1.82) is 0 Å². The standard InChI is InChI=1S/C13H14BrN3S/c1-8(2)9-3-5-10(6-4-9)18-12-11(14)7-16-13(15)17-12/h3-8H,1-2H3,(H2,15,16,17). The minimum Gasteiger partial charge on any atom is -0.368 e. The van der Waals surface area contributed by atoms with E-state index in [1.807, 2.05) is 0 Å². The SMILES string of the molecule is CC(C)c1ccc(Sc2nc(N)ncc2Br)cc1. The number of rotatable bonds is 3. The third kappa shape index (κ3) is 3.23. The summed E-state index contributed by atoms with van der Waals surface area (Å²) in [6.07, 6.45) is 1.67. The number of halogens is 1. The van der Waals surface area contributed by atoms with Crippen LogP contribution in [0, 0.1) is 0 Å². The molecule has 0 amide bonds. The first-order chi connectivity index (χ1) is 8.56. The summed E-state index contributed by atoms with van der Waals surface area (Å²) in [6, 6.07) is 8.49. The molecule has 1 aromatic carbocycles. The molecule has 2 N–H and O–H groups in total. The number of anilines is 1. The van der Waals surface area contributed by atoms with E-state index in [1.165, 1.54) is 5.56 Å². The lowest BCUT2D eigenvalue weighted by molar-refractivity contribution is 0.865. The molecule has 5 heteroatoms. The van der Waals surface area contributed by atoms with Crippen LogP contribution in [0.1, 0.15) is 25.3 Å². The smallest absolute Gasteiger partial charge is 0.221 e. The zero-order valence-electron chi connectivity index (χ0n) is 10.2. The maximum Gasteiger partial charge on any atom is 0.221 e. The van der Waals surface area contributed by atoms with Crippen molar-refractivity contribution in [3.63, 3.8) is 0 Å². The molecule has 2 rings (SSSR count). The second-order valence-electron chi connectivity index (χ2n) is 4.21. The maximum atomic E-state index is 5.59. The molecule has 0 atom stereocenters. The van der Waals surface area contributed by atoms with E-state index in [4.69, 9.17) is 5.73 Å². The molecule has 0 bridgehead atoms. The van der Waals surface area contributed by atoms with Crippen molar-refractivity contribution in [2.75, 3.05) is 5.73 Å². The Balaban J connectivity index is 2.21. The zero-order valence-corrected chi connectivity index (χ0v) is 12.6. The third-order valence-electron chi connectivity index (χ3n) is 2.49. The van der Waals surface area contributed by atoms with Crippen LogP contribution in [0.15, 0.2) is 44.9 Å². The highest BCUT2D eigenvalue weighted by molar-refractivity contribution is 9.10. The van der Waals surface area contributed by atoms with Crippen molar-refractivity contribution < 1.29 is 0 Å². The monoisotopic (exact) mass is 323 g/mol. The third-order valence-corrected chi connectivity index (χ3v) is 4.35. The summed E-state index contributed by atoms with van der Waals surface area (Å²) >= 11 is 5.00. The quantitative estimate of drug-likeness (QED) is 0.864. The van der Waals surface area contributed by atoms with Gasteiger partial charge in [0.2, 0.25) is 5.95 Å². The van der Waals surface area contributed by atoms with Crippen LogP contribution < -0.4 is 5.73 Å². The summed E-state index contributed by atoms with van der Waals surface area (Å²) in [7, 11) is 0. The van der Waals surface area contributed by atoms with Crippen molar-refractivity contribution in [3.8, 4) is 0 Å². The number of benzene rings is 1. The van der Waals surface area contributed by atoms with Crippen LogP contribution in [0.2, 0.25) is 0 Å². The van der Waals surface area contributed by atoms with Crippen LogP contribution in [-0.2, 0) is 0 Å². The first-order valence-electron chi connectivity index (χ1n) is 5.62. The molecule has 1 heterocycles. The predicted octanol–water partition coefficient (Wildman–Crippen LogP) is 4.10.